The molecule has 1 aliphatic rings. The monoisotopic (exact) mass is 463 g/mol. The Morgan fingerprint density at radius 1 is 0.735 bits per heavy atom. The van der Waals surface area contributed by atoms with E-state index in [2.05, 4.69) is 0 Å². The molecule has 0 aromatic heterocycles. The number of nitrogens with zero attached hydrogens (tertiary/aromatic N) is 1. The van der Waals surface area contributed by atoms with Crippen molar-refractivity contribution in [1.82, 2.24) is 4.90 Å². The van der Waals surface area contributed by atoms with Crippen molar-refractivity contribution in [3.05, 3.63) is 77.4 Å². The summed E-state index contributed by atoms with van der Waals surface area (Å²) in [5.41, 5.74) is 1.47. The Morgan fingerprint density at radius 2 is 1.26 bits per heavy atom. The number of unbranched alkanes of at least 4 members (excludes halogenated alkanes) is 7. The number of ketones is 1. The normalized spacial score (nSPS) is 17.3. The molecule has 0 unspecified atom stereocenters. The molecule has 0 saturated carbocycles. The van der Waals surface area contributed by atoms with Gasteiger partial charge in [0, 0.05) is 18.5 Å². The van der Waals surface area contributed by atoms with E-state index in [0.717, 1.165) is 56.9 Å². The molecule has 1 aliphatic heterocycles. The molecule has 0 radical (unpaired) electrons. The van der Waals surface area contributed by atoms with Gasteiger partial charge in [0.25, 0.3) is 11.7 Å². The fourth-order valence-electron chi connectivity index (χ4n) is 4.46. The van der Waals surface area contributed by atoms with Gasteiger partial charge >= 0.3 is 5.97 Å². The van der Waals surface area contributed by atoms with Crippen LogP contribution in [0.5, 0.6) is 0 Å². The van der Waals surface area contributed by atoms with Crippen LogP contribution in [0.1, 0.15) is 75.0 Å². The smallest absolute Gasteiger partial charge is 0.303 e. The predicted molar refractivity (Wildman–Crippen MR) is 131 cm³/mol. The molecule has 2 N–H and O–H groups in total. The van der Waals surface area contributed by atoms with Crippen molar-refractivity contribution in [3.8, 4) is 0 Å². The molecule has 0 aliphatic carbocycles. The number of carboxylic acid groups (broad SMARTS) is 1. The Morgan fingerprint density at radius 3 is 1.85 bits per heavy atom. The third-order valence-corrected chi connectivity index (χ3v) is 6.24. The van der Waals surface area contributed by atoms with E-state index in [1.807, 2.05) is 36.4 Å². The Balaban J connectivity index is 1.62. The lowest BCUT2D eigenvalue weighted by molar-refractivity contribution is -0.140. The van der Waals surface area contributed by atoms with Crippen LogP contribution in [0.4, 0.5) is 0 Å². The molecule has 0 spiro atoms. The fraction of sp³-hybridized carbons (Fsp3) is 0.393. The van der Waals surface area contributed by atoms with Crippen LogP contribution in [0.2, 0.25) is 0 Å². The molecule has 0 bridgehead atoms. The molecule has 34 heavy (non-hydrogen) atoms. The van der Waals surface area contributed by atoms with Crippen molar-refractivity contribution in [2.24, 2.45) is 0 Å². The minimum atomic E-state index is -0.737. The Bertz CT molecular complexity index is 1000. The number of hydrogen-bond acceptors (Lipinski definition) is 4. The zero-order valence-electron chi connectivity index (χ0n) is 19.5. The first kappa shape index (κ1) is 25.2. The molecule has 1 heterocycles. The van der Waals surface area contributed by atoms with Crippen LogP contribution in [0.3, 0.4) is 0 Å². The standard InChI is InChI=1S/C28H33NO5/c30-23(31)19-13-5-3-1-2-4-6-14-20-29-25(21-15-9-7-10-16-21)24(27(33)28(29)34)26(32)22-17-11-8-12-18-22/h7-12,15-18,25,32H,1-6,13-14,19-20H2,(H,30,31)/t25-/m0/s1. The van der Waals surface area contributed by atoms with E-state index in [0.29, 0.717) is 12.1 Å². The summed E-state index contributed by atoms with van der Waals surface area (Å²) in [4.78, 5) is 38.0. The van der Waals surface area contributed by atoms with Crippen molar-refractivity contribution < 1.29 is 24.6 Å². The number of likely N-dealkylation sites (tertiary alicyclic amines) is 1. The van der Waals surface area contributed by atoms with Crippen molar-refractivity contribution in [2.75, 3.05) is 6.54 Å². The first-order valence-electron chi connectivity index (χ1n) is 12.1. The molecule has 1 saturated heterocycles. The third kappa shape index (κ3) is 6.56. The van der Waals surface area contributed by atoms with E-state index >= 15 is 0 Å². The summed E-state index contributed by atoms with van der Waals surface area (Å²) in [5, 5.41) is 19.6. The first-order chi connectivity index (χ1) is 16.5. The SMILES string of the molecule is O=C(O)CCCCCCCCCCN1C(=O)C(=O)C(=C(O)c2ccccc2)[C@@H]1c1ccccc1. The Kier molecular flexibility index (Phi) is 9.44. The molecule has 2 aromatic rings. The van der Waals surface area contributed by atoms with E-state index in [4.69, 9.17) is 5.11 Å². The molecule has 180 valence electrons. The zero-order chi connectivity index (χ0) is 24.3. The van der Waals surface area contributed by atoms with Gasteiger partial charge in [-0.15, -0.1) is 0 Å². The fourth-order valence-corrected chi connectivity index (χ4v) is 4.46. The summed E-state index contributed by atoms with van der Waals surface area (Å²) in [6.45, 7) is 0.453. The van der Waals surface area contributed by atoms with Crippen LogP contribution in [0.15, 0.2) is 66.2 Å². The molecular weight excluding hydrogens is 430 g/mol. The Labute approximate surface area is 200 Å². The second-order valence-corrected chi connectivity index (χ2v) is 8.74. The number of hydrogen-bond donors (Lipinski definition) is 2. The molecule has 1 atom stereocenters. The van der Waals surface area contributed by atoms with E-state index < -0.39 is 23.7 Å². The van der Waals surface area contributed by atoms with Crippen molar-refractivity contribution >= 4 is 23.4 Å². The number of carboxylic acids is 1. The van der Waals surface area contributed by atoms with Gasteiger partial charge in [-0.2, -0.15) is 0 Å². The number of carbonyl (C=O) groups excluding carboxylic acids is 2. The van der Waals surface area contributed by atoms with E-state index in [1.54, 1.807) is 29.2 Å². The number of Topliss-reactive ketones (excluding diaryl/α,β-unsaturated/α-hetero) is 1. The van der Waals surface area contributed by atoms with Gasteiger partial charge in [0.2, 0.25) is 0 Å². The molecule has 1 fully saturated rings. The summed E-state index contributed by atoms with van der Waals surface area (Å²) in [6, 6.07) is 17.6. The quantitative estimate of drug-likeness (QED) is 0.172. The summed E-state index contributed by atoms with van der Waals surface area (Å²) < 4.78 is 0. The molecule has 6 nitrogen and oxygen atoms in total. The lowest BCUT2D eigenvalue weighted by Crippen LogP contribution is -2.30. The summed E-state index contributed by atoms with van der Waals surface area (Å²) in [5.74, 6) is -2.08. The average Bonchev–Trinajstić information content (AvgIpc) is 3.10. The lowest BCUT2D eigenvalue weighted by atomic mass is 9.95. The number of aliphatic carboxylic acids is 1. The lowest BCUT2D eigenvalue weighted by Gasteiger charge is -2.25. The average molecular weight is 464 g/mol. The van der Waals surface area contributed by atoms with Gasteiger partial charge < -0.3 is 15.1 Å². The van der Waals surface area contributed by atoms with Crippen LogP contribution in [-0.2, 0) is 14.4 Å². The van der Waals surface area contributed by atoms with Crippen LogP contribution in [-0.4, -0.2) is 39.3 Å². The van der Waals surface area contributed by atoms with Gasteiger partial charge in [0.05, 0.1) is 11.6 Å². The highest BCUT2D eigenvalue weighted by Gasteiger charge is 2.45. The second kappa shape index (κ2) is 12.7. The summed E-state index contributed by atoms with van der Waals surface area (Å²) in [6.07, 6.45) is 7.84. The number of aliphatic hydroxyl groups is 1. The first-order valence-corrected chi connectivity index (χ1v) is 12.1. The minimum absolute atomic E-state index is 0.141. The van der Waals surface area contributed by atoms with Gasteiger partial charge in [-0.3, -0.25) is 14.4 Å². The van der Waals surface area contributed by atoms with Crippen molar-refractivity contribution in [2.45, 2.75) is 63.8 Å². The van der Waals surface area contributed by atoms with Crippen LogP contribution >= 0.6 is 0 Å². The number of carbonyl (C=O) groups is 3. The van der Waals surface area contributed by atoms with E-state index in [9.17, 15) is 19.5 Å². The molecule has 6 heteroatoms. The maximum atomic E-state index is 13.0. The number of rotatable bonds is 13. The summed E-state index contributed by atoms with van der Waals surface area (Å²) in [7, 11) is 0. The number of benzene rings is 2. The maximum Gasteiger partial charge on any atom is 0.303 e. The highest BCUT2D eigenvalue weighted by Crippen LogP contribution is 2.39. The molecule has 2 aromatic carbocycles. The second-order valence-electron chi connectivity index (χ2n) is 8.74. The van der Waals surface area contributed by atoms with Gasteiger partial charge in [-0.1, -0.05) is 99.2 Å². The molecule has 3 rings (SSSR count). The van der Waals surface area contributed by atoms with E-state index in [-0.39, 0.29) is 17.8 Å². The highest BCUT2D eigenvalue weighted by atomic mass is 16.4. The van der Waals surface area contributed by atoms with Crippen LogP contribution < -0.4 is 0 Å². The number of amides is 1. The molecular formula is C28H33NO5. The van der Waals surface area contributed by atoms with Gasteiger partial charge in [-0.25, -0.2) is 0 Å². The van der Waals surface area contributed by atoms with Crippen molar-refractivity contribution in [1.29, 1.82) is 0 Å². The Hall–Kier alpha value is -3.41. The molecule has 1 amide bonds. The largest absolute Gasteiger partial charge is 0.507 e. The van der Waals surface area contributed by atoms with Crippen LogP contribution in [0, 0.1) is 0 Å². The minimum Gasteiger partial charge on any atom is -0.507 e. The predicted octanol–water partition coefficient (Wildman–Crippen LogP) is 5.70. The summed E-state index contributed by atoms with van der Waals surface area (Å²) >= 11 is 0. The number of aliphatic hydroxyl groups excluding tert-OH is 1. The van der Waals surface area contributed by atoms with Crippen molar-refractivity contribution in [3.63, 3.8) is 0 Å². The topological polar surface area (TPSA) is 94.9 Å². The highest BCUT2D eigenvalue weighted by molar-refractivity contribution is 6.46. The maximum absolute atomic E-state index is 13.0. The third-order valence-electron chi connectivity index (χ3n) is 6.24. The van der Waals surface area contributed by atoms with Gasteiger partial charge in [-0.05, 0) is 18.4 Å². The van der Waals surface area contributed by atoms with Gasteiger partial charge in [0.15, 0.2) is 0 Å². The van der Waals surface area contributed by atoms with Gasteiger partial charge in [0.1, 0.15) is 5.76 Å². The van der Waals surface area contributed by atoms with E-state index in [1.165, 1.54) is 0 Å². The zero-order valence-corrected chi connectivity index (χ0v) is 19.5. The van der Waals surface area contributed by atoms with Crippen LogP contribution in [0.25, 0.3) is 5.76 Å².